The summed E-state index contributed by atoms with van der Waals surface area (Å²) in [6.07, 6.45) is 0. The molecule has 48 heavy (non-hydrogen) atoms. The average molecular weight is 649 g/mol. The quantitative estimate of drug-likeness (QED) is 0.179. The van der Waals surface area contributed by atoms with Crippen LogP contribution in [0.25, 0.3) is 66.1 Å². The van der Waals surface area contributed by atoms with Crippen LogP contribution in [0.15, 0.2) is 142 Å². The van der Waals surface area contributed by atoms with Crippen molar-refractivity contribution in [2.75, 3.05) is 0 Å². The fourth-order valence-corrected chi connectivity index (χ4v) is 6.71. The van der Waals surface area contributed by atoms with E-state index in [1.54, 1.807) is 0 Å². The Morgan fingerprint density at radius 2 is 0.917 bits per heavy atom. The summed E-state index contributed by atoms with van der Waals surface area (Å²) in [6.45, 7) is 8.30. The van der Waals surface area contributed by atoms with E-state index in [2.05, 4.69) is 88.4 Å². The van der Waals surface area contributed by atoms with Crippen molar-refractivity contribution in [3.05, 3.63) is 138 Å². The van der Waals surface area contributed by atoms with Crippen LogP contribution in [0.1, 0.15) is 27.7 Å². The zero-order valence-corrected chi connectivity index (χ0v) is 28.0. The van der Waals surface area contributed by atoms with Gasteiger partial charge in [0.15, 0.2) is 0 Å². The Morgan fingerprint density at radius 1 is 0.479 bits per heavy atom. The molecular weight excluding hydrogens is 615 g/mol. The number of fused-ring (bicyclic) bond motifs is 6. The van der Waals surface area contributed by atoms with E-state index in [1.807, 2.05) is 72.8 Å². The summed E-state index contributed by atoms with van der Waals surface area (Å²) in [6, 6.07) is 45.0. The standard InChI is InChI=1S/C24H23BO3.C18H11ClO/c1-23(2)24(3,4)28-25(27-23)17-14-19(16-10-6-5-7-11-16)22-18-12-8-9-13-20(18)26-21(22)15-17;19-13-10-15(12-6-2-1-3-7-12)18-14-8-4-5-9-16(14)20-17(18)11-13/h5-15H,1-4H3;1-11H. The van der Waals surface area contributed by atoms with Gasteiger partial charge in [0.05, 0.1) is 11.2 Å². The topological polar surface area (TPSA) is 44.7 Å². The molecule has 1 saturated heterocycles. The van der Waals surface area contributed by atoms with Gasteiger partial charge < -0.3 is 18.1 Å². The summed E-state index contributed by atoms with van der Waals surface area (Å²) in [7, 11) is -0.426. The van der Waals surface area contributed by atoms with Crippen molar-refractivity contribution in [3.63, 3.8) is 0 Å². The summed E-state index contributed by atoms with van der Waals surface area (Å²) in [5, 5.41) is 5.18. The average Bonchev–Trinajstić information content (AvgIpc) is 3.72. The van der Waals surface area contributed by atoms with Crippen molar-refractivity contribution in [1.29, 1.82) is 0 Å². The van der Waals surface area contributed by atoms with E-state index in [9.17, 15) is 0 Å². The summed E-state index contributed by atoms with van der Waals surface area (Å²) < 4.78 is 24.7. The van der Waals surface area contributed by atoms with Crippen molar-refractivity contribution in [2.45, 2.75) is 38.9 Å². The van der Waals surface area contributed by atoms with Crippen LogP contribution in [0.2, 0.25) is 5.02 Å². The maximum Gasteiger partial charge on any atom is 0.494 e. The van der Waals surface area contributed by atoms with E-state index in [4.69, 9.17) is 29.7 Å². The van der Waals surface area contributed by atoms with Gasteiger partial charge >= 0.3 is 7.12 Å². The van der Waals surface area contributed by atoms with Crippen molar-refractivity contribution in [1.82, 2.24) is 0 Å². The molecule has 6 heteroatoms. The Balaban J connectivity index is 0.000000148. The molecule has 3 heterocycles. The Bertz CT molecular complexity index is 2410. The number of hydrogen-bond donors (Lipinski definition) is 0. The van der Waals surface area contributed by atoms with Gasteiger partial charge in [0.1, 0.15) is 22.3 Å². The number of furan rings is 2. The molecule has 0 bridgehead atoms. The largest absolute Gasteiger partial charge is 0.494 e. The molecule has 4 nitrogen and oxygen atoms in total. The van der Waals surface area contributed by atoms with Gasteiger partial charge in [0, 0.05) is 32.6 Å². The molecule has 2 aromatic heterocycles. The van der Waals surface area contributed by atoms with Crippen molar-refractivity contribution >= 4 is 68.1 Å². The molecule has 0 saturated carbocycles. The van der Waals surface area contributed by atoms with Crippen molar-refractivity contribution in [3.8, 4) is 22.3 Å². The second-order valence-corrected chi connectivity index (χ2v) is 13.7. The lowest BCUT2D eigenvalue weighted by Gasteiger charge is -2.32. The Kier molecular flexibility index (Phi) is 7.45. The van der Waals surface area contributed by atoms with Crippen LogP contribution < -0.4 is 5.46 Å². The molecule has 0 spiro atoms. The Hall–Kier alpha value is -4.81. The first kappa shape index (κ1) is 30.5. The monoisotopic (exact) mass is 648 g/mol. The lowest BCUT2D eigenvalue weighted by Crippen LogP contribution is -2.41. The highest BCUT2D eigenvalue weighted by molar-refractivity contribution is 6.62. The van der Waals surface area contributed by atoms with Gasteiger partial charge in [-0.2, -0.15) is 0 Å². The molecule has 9 rings (SSSR count). The van der Waals surface area contributed by atoms with E-state index in [1.165, 1.54) is 0 Å². The highest BCUT2D eigenvalue weighted by Gasteiger charge is 2.52. The van der Waals surface area contributed by atoms with E-state index < -0.39 is 7.12 Å². The van der Waals surface area contributed by atoms with E-state index in [0.29, 0.717) is 5.02 Å². The zero-order chi connectivity index (χ0) is 33.0. The summed E-state index contributed by atoms with van der Waals surface area (Å²) in [5.74, 6) is 0. The molecule has 0 amide bonds. The molecule has 1 fully saturated rings. The van der Waals surface area contributed by atoms with Crippen LogP contribution in [0.4, 0.5) is 0 Å². The predicted molar refractivity (Wildman–Crippen MR) is 199 cm³/mol. The Morgan fingerprint density at radius 3 is 1.44 bits per heavy atom. The summed E-state index contributed by atoms with van der Waals surface area (Å²) in [4.78, 5) is 0. The molecule has 0 aliphatic carbocycles. The zero-order valence-electron chi connectivity index (χ0n) is 27.3. The van der Waals surface area contributed by atoms with Crippen LogP contribution in [0.3, 0.4) is 0 Å². The first-order valence-corrected chi connectivity index (χ1v) is 16.6. The molecule has 0 atom stereocenters. The summed E-state index contributed by atoms with van der Waals surface area (Å²) in [5.41, 5.74) is 8.22. The highest BCUT2D eigenvalue weighted by Crippen LogP contribution is 2.40. The molecule has 6 aromatic carbocycles. The van der Waals surface area contributed by atoms with Gasteiger partial charge in [-0.05, 0) is 79.7 Å². The lowest BCUT2D eigenvalue weighted by molar-refractivity contribution is 0.00578. The first-order valence-electron chi connectivity index (χ1n) is 16.2. The lowest BCUT2D eigenvalue weighted by atomic mass is 9.77. The second kappa shape index (κ2) is 11.7. The van der Waals surface area contributed by atoms with Gasteiger partial charge in [-0.3, -0.25) is 0 Å². The molecule has 0 N–H and O–H groups in total. The maximum atomic E-state index is 6.30. The highest BCUT2D eigenvalue weighted by atomic mass is 35.5. The van der Waals surface area contributed by atoms with Crippen LogP contribution in [0, 0.1) is 0 Å². The summed E-state index contributed by atoms with van der Waals surface area (Å²) >= 11 is 6.24. The number of rotatable bonds is 3. The molecule has 1 aliphatic rings. The number of benzene rings is 6. The third-order valence-electron chi connectivity index (χ3n) is 9.64. The van der Waals surface area contributed by atoms with Crippen LogP contribution in [-0.4, -0.2) is 18.3 Å². The smallest absolute Gasteiger partial charge is 0.456 e. The van der Waals surface area contributed by atoms with Crippen LogP contribution in [-0.2, 0) is 9.31 Å². The molecule has 1 aliphatic heterocycles. The van der Waals surface area contributed by atoms with Gasteiger partial charge in [0.25, 0.3) is 0 Å². The molecular formula is C42H34BClO4. The first-order chi connectivity index (χ1) is 23.2. The minimum atomic E-state index is -0.426. The minimum absolute atomic E-state index is 0.382. The van der Waals surface area contributed by atoms with Gasteiger partial charge in [-0.15, -0.1) is 0 Å². The third-order valence-corrected chi connectivity index (χ3v) is 9.86. The Labute approximate surface area is 285 Å². The predicted octanol–water partition coefficient (Wildman–Crippen LogP) is 11.5. The fourth-order valence-electron chi connectivity index (χ4n) is 6.50. The van der Waals surface area contributed by atoms with Crippen LogP contribution >= 0.6 is 11.6 Å². The van der Waals surface area contributed by atoms with Crippen molar-refractivity contribution < 1.29 is 18.1 Å². The SMILES string of the molecule is CC1(C)OB(c2cc(-c3ccccc3)c3c(c2)oc2ccccc23)OC1(C)C.Clc1cc(-c2ccccc2)c2c(c1)oc1ccccc12. The molecule has 0 radical (unpaired) electrons. The fraction of sp³-hybridized carbons (Fsp3) is 0.143. The molecule has 236 valence electrons. The van der Waals surface area contributed by atoms with Crippen molar-refractivity contribution in [2.24, 2.45) is 0 Å². The number of hydrogen-bond acceptors (Lipinski definition) is 4. The second-order valence-electron chi connectivity index (χ2n) is 13.3. The van der Waals surface area contributed by atoms with Gasteiger partial charge in [-0.25, -0.2) is 0 Å². The van der Waals surface area contributed by atoms with E-state index in [0.717, 1.165) is 71.6 Å². The van der Waals surface area contributed by atoms with Crippen LogP contribution in [0.5, 0.6) is 0 Å². The maximum absolute atomic E-state index is 6.30. The molecule has 8 aromatic rings. The number of para-hydroxylation sites is 2. The molecule has 0 unspecified atom stereocenters. The van der Waals surface area contributed by atoms with Gasteiger partial charge in [0.2, 0.25) is 0 Å². The van der Waals surface area contributed by atoms with Gasteiger partial charge in [-0.1, -0.05) is 115 Å². The number of halogens is 1. The normalized spacial score (nSPS) is 15.3. The third kappa shape index (κ3) is 5.29. The van der Waals surface area contributed by atoms with E-state index >= 15 is 0 Å². The minimum Gasteiger partial charge on any atom is -0.456 e. The van der Waals surface area contributed by atoms with E-state index in [-0.39, 0.29) is 11.2 Å².